The number of benzene rings is 1. The SMILES string of the molecule is O=C(c1cn(C2CCCN(Cc3ccc(F)c(F)c3)C2)nn1)N1CCCC1. The molecule has 1 unspecified atom stereocenters. The molecule has 1 amide bonds. The first-order valence-electron chi connectivity index (χ1n) is 9.47. The molecular formula is C19H23F2N5O. The van der Waals surface area contributed by atoms with Gasteiger partial charge in [-0.05, 0) is 49.9 Å². The zero-order chi connectivity index (χ0) is 18.8. The summed E-state index contributed by atoms with van der Waals surface area (Å²) >= 11 is 0. The molecule has 144 valence electrons. The highest BCUT2D eigenvalue weighted by Crippen LogP contribution is 2.23. The fourth-order valence-electron chi connectivity index (χ4n) is 3.92. The maximum absolute atomic E-state index is 13.4. The number of hydrogen-bond acceptors (Lipinski definition) is 4. The Balaban J connectivity index is 1.40. The zero-order valence-corrected chi connectivity index (χ0v) is 15.2. The molecule has 1 atom stereocenters. The smallest absolute Gasteiger partial charge is 0.276 e. The molecule has 0 radical (unpaired) electrons. The van der Waals surface area contributed by atoms with E-state index >= 15 is 0 Å². The number of carbonyl (C=O) groups excluding carboxylic acids is 1. The van der Waals surface area contributed by atoms with Gasteiger partial charge in [-0.2, -0.15) is 0 Å². The lowest BCUT2D eigenvalue weighted by atomic mass is 10.0. The number of piperidine rings is 1. The molecule has 4 rings (SSSR count). The van der Waals surface area contributed by atoms with Gasteiger partial charge in [0, 0.05) is 26.2 Å². The molecule has 0 aliphatic carbocycles. The van der Waals surface area contributed by atoms with Crippen molar-refractivity contribution >= 4 is 5.91 Å². The number of rotatable bonds is 4. The van der Waals surface area contributed by atoms with Crippen molar-refractivity contribution in [2.24, 2.45) is 0 Å². The second-order valence-corrected chi connectivity index (χ2v) is 7.36. The highest BCUT2D eigenvalue weighted by molar-refractivity contribution is 5.92. The molecule has 2 aromatic rings. The van der Waals surface area contributed by atoms with Crippen LogP contribution in [-0.4, -0.2) is 56.9 Å². The fourth-order valence-corrected chi connectivity index (χ4v) is 3.92. The maximum atomic E-state index is 13.4. The lowest BCUT2D eigenvalue weighted by Crippen LogP contribution is -2.36. The van der Waals surface area contributed by atoms with Crippen LogP contribution in [0.5, 0.6) is 0 Å². The van der Waals surface area contributed by atoms with Crippen molar-refractivity contribution in [3.63, 3.8) is 0 Å². The number of likely N-dealkylation sites (tertiary alicyclic amines) is 2. The molecule has 2 aliphatic rings. The van der Waals surface area contributed by atoms with E-state index in [0.717, 1.165) is 57.4 Å². The van der Waals surface area contributed by atoms with Crippen LogP contribution in [0.2, 0.25) is 0 Å². The quantitative estimate of drug-likeness (QED) is 0.824. The number of amides is 1. The summed E-state index contributed by atoms with van der Waals surface area (Å²) in [6, 6.07) is 4.15. The van der Waals surface area contributed by atoms with Crippen LogP contribution in [-0.2, 0) is 6.54 Å². The van der Waals surface area contributed by atoms with Crippen LogP contribution in [0.1, 0.15) is 47.8 Å². The van der Waals surface area contributed by atoms with Crippen molar-refractivity contribution in [2.45, 2.75) is 38.3 Å². The van der Waals surface area contributed by atoms with Gasteiger partial charge in [0.1, 0.15) is 0 Å². The van der Waals surface area contributed by atoms with Gasteiger partial charge in [0.05, 0.1) is 12.2 Å². The number of halogens is 2. The normalized spacial score (nSPS) is 21.0. The summed E-state index contributed by atoms with van der Waals surface area (Å²) in [6.45, 7) is 3.76. The molecule has 0 N–H and O–H groups in total. The summed E-state index contributed by atoms with van der Waals surface area (Å²) in [6.07, 6.45) is 5.76. The molecular weight excluding hydrogens is 352 g/mol. The molecule has 1 aromatic heterocycles. The van der Waals surface area contributed by atoms with Crippen LogP contribution in [0.15, 0.2) is 24.4 Å². The monoisotopic (exact) mass is 375 g/mol. The highest BCUT2D eigenvalue weighted by atomic mass is 19.2. The van der Waals surface area contributed by atoms with E-state index in [1.807, 2.05) is 4.90 Å². The van der Waals surface area contributed by atoms with E-state index in [9.17, 15) is 13.6 Å². The van der Waals surface area contributed by atoms with Crippen molar-refractivity contribution < 1.29 is 13.6 Å². The first-order chi connectivity index (χ1) is 13.1. The maximum Gasteiger partial charge on any atom is 0.276 e. The number of aromatic nitrogens is 3. The summed E-state index contributed by atoms with van der Waals surface area (Å²) < 4.78 is 28.3. The summed E-state index contributed by atoms with van der Waals surface area (Å²) in [5.74, 6) is -1.69. The van der Waals surface area contributed by atoms with E-state index in [1.165, 1.54) is 12.1 Å². The van der Waals surface area contributed by atoms with E-state index in [-0.39, 0.29) is 11.9 Å². The van der Waals surface area contributed by atoms with E-state index in [0.29, 0.717) is 12.2 Å². The molecule has 2 aliphatic heterocycles. The second kappa shape index (κ2) is 7.72. The van der Waals surface area contributed by atoms with Gasteiger partial charge in [-0.15, -0.1) is 5.10 Å². The minimum absolute atomic E-state index is 0.0480. The highest BCUT2D eigenvalue weighted by Gasteiger charge is 2.26. The molecule has 0 spiro atoms. The van der Waals surface area contributed by atoms with Crippen molar-refractivity contribution in [3.8, 4) is 0 Å². The lowest BCUT2D eigenvalue weighted by Gasteiger charge is -2.32. The average Bonchev–Trinajstić information content (AvgIpc) is 3.36. The van der Waals surface area contributed by atoms with Gasteiger partial charge in [-0.3, -0.25) is 9.69 Å². The van der Waals surface area contributed by atoms with Gasteiger partial charge < -0.3 is 4.90 Å². The molecule has 6 nitrogen and oxygen atoms in total. The van der Waals surface area contributed by atoms with Crippen molar-refractivity contribution in [1.82, 2.24) is 24.8 Å². The van der Waals surface area contributed by atoms with Crippen LogP contribution in [0.4, 0.5) is 8.78 Å². The van der Waals surface area contributed by atoms with Gasteiger partial charge in [-0.1, -0.05) is 11.3 Å². The van der Waals surface area contributed by atoms with Gasteiger partial charge in [0.15, 0.2) is 17.3 Å². The van der Waals surface area contributed by atoms with Gasteiger partial charge in [0.25, 0.3) is 5.91 Å². The Bertz CT molecular complexity index is 818. The molecule has 2 saturated heterocycles. The third kappa shape index (κ3) is 4.00. The fraction of sp³-hybridized carbons (Fsp3) is 0.526. The van der Waals surface area contributed by atoms with Gasteiger partial charge in [-0.25, -0.2) is 13.5 Å². The zero-order valence-electron chi connectivity index (χ0n) is 15.2. The van der Waals surface area contributed by atoms with Crippen molar-refractivity contribution in [1.29, 1.82) is 0 Å². The lowest BCUT2D eigenvalue weighted by molar-refractivity contribution is 0.0787. The predicted octanol–water partition coefficient (Wildman–Crippen LogP) is 2.63. The van der Waals surface area contributed by atoms with Crippen molar-refractivity contribution in [2.75, 3.05) is 26.2 Å². The summed E-state index contributed by atoms with van der Waals surface area (Å²) in [7, 11) is 0. The molecule has 0 saturated carbocycles. The predicted molar refractivity (Wildman–Crippen MR) is 95.1 cm³/mol. The summed E-state index contributed by atoms with van der Waals surface area (Å²) in [4.78, 5) is 16.5. The largest absolute Gasteiger partial charge is 0.337 e. The second-order valence-electron chi connectivity index (χ2n) is 7.36. The Morgan fingerprint density at radius 3 is 2.70 bits per heavy atom. The number of carbonyl (C=O) groups is 1. The minimum Gasteiger partial charge on any atom is -0.337 e. The Labute approximate surface area is 156 Å². The van der Waals surface area contributed by atoms with Crippen molar-refractivity contribution in [3.05, 3.63) is 47.3 Å². The van der Waals surface area contributed by atoms with Crippen LogP contribution < -0.4 is 0 Å². The summed E-state index contributed by atoms with van der Waals surface area (Å²) in [5, 5.41) is 8.26. The molecule has 0 bridgehead atoms. The molecule has 2 fully saturated rings. The first-order valence-corrected chi connectivity index (χ1v) is 9.47. The Kier molecular flexibility index (Phi) is 5.15. The minimum atomic E-state index is -0.826. The van der Waals surface area contributed by atoms with E-state index in [4.69, 9.17) is 0 Å². The summed E-state index contributed by atoms with van der Waals surface area (Å²) in [5.41, 5.74) is 1.15. The van der Waals surface area contributed by atoms with E-state index in [1.54, 1.807) is 16.9 Å². The Morgan fingerprint density at radius 1 is 1.11 bits per heavy atom. The molecule has 3 heterocycles. The number of hydrogen-bond donors (Lipinski definition) is 0. The van der Waals surface area contributed by atoms with E-state index < -0.39 is 11.6 Å². The number of nitrogens with zero attached hydrogens (tertiary/aromatic N) is 5. The van der Waals surface area contributed by atoms with E-state index in [2.05, 4.69) is 15.2 Å². The molecule has 8 heteroatoms. The molecule has 1 aromatic carbocycles. The standard InChI is InChI=1S/C19H23F2N5O/c20-16-6-5-14(10-17(16)21)11-24-7-3-4-15(12-24)26-13-18(22-23-26)19(27)25-8-1-2-9-25/h5-6,10,13,15H,1-4,7-9,11-12H2. The van der Waals surface area contributed by atoms with Gasteiger partial charge >= 0.3 is 0 Å². The third-order valence-electron chi connectivity index (χ3n) is 5.37. The van der Waals surface area contributed by atoms with Crippen LogP contribution in [0, 0.1) is 11.6 Å². The molecule has 27 heavy (non-hydrogen) atoms. The third-order valence-corrected chi connectivity index (χ3v) is 5.37. The topological polar surface area (TPSA) is 54.3 Å². The van der Waals surface area contributed by atoms with Crippen LogP contribution >= 0.6 is 0 Å². The Morgan fingerprint density at radius 2 is 1.93 bits per heavy atom. The first kappa shape index (κ1) is 18.0. The van der Waals surface area contributed by atoms with Crippen LogP contribution in [0.3, 0.4) is 0 Å². The van der Waals surface area contributed by atoms with Gasteiger partial charge in [0.2, 0.25) is 0 Å². The Hall–Kier alpha value is -2.35. The van der Waals surface area contributed by atoms with Crippen LogP contribution in [0.25, 0.3) is 0 Å². The average molecular weight is 375 g/mol.